The summed E-state index contributed by atoms with van der Waals surface area (Å²) in [4.78, 5) is 13.5. The Morgan fingerprint density at radius 3 is 2.46 bits per heavy atom. The highest BCUT2D eigenvalue weighted by Gasteiger charge is 2.44. The van der Waals surface area contributed by atoms with E-state index in [0.29, 0.717) is 26.1 Å². The summed E-state index contributed by atoms with van der Waals surface area (Å²) >= 11 is 0. The van der Waals surface area contributed by atoms with Gasteiger partial charge in [0.1, 0.15) is 27.9 Å². The molecule has 3 aromatic rings. The van der Waals surface area contributed by atoms with Crippen molar-refractivity contribution in [1.29, 1.82) is 0 Å². The molecule has 1 aliphatic carbocycles. The molecule has 2 unspecified atom stereocenters. The Hall–Kier alpha value is -3.52. The molecule has 1 heterocycles. The summed E-state index contributed by atoms with van der Waals surface area (Å²) in [7, 11) is -2.99. The number of carboxylic acids is 1. The number of aliphatic carboxylic acids is 1. The van der Waals surface area contributed by atoms with Gasteiger partial charge in [-0.05, 0) is 90.8 Å². The second-order valence-electron chi connectivity index (χ2n) is 10.5. The van der Waals surface area contributed by atoms with Gasteiger partial charge in [0, 0.05) is 30.6 Å². The van der Waals surface area contributed by atoms with Crippen molar-refractivity contribution in [3.8, 4) is 22.6 Å². The SMILES string of the molecule is CCN1CCc2cc(OCCCS(C)(=O)=O)ccc2-c2cc(COc3ccc(C4CC4C(=O)O)cc3)ccc21. The minimum atomic E-state index is -2.99. The number of hydrogen-bond donors (Lipinski definition) is 1. The number of nitrogens with zero attached hydrogens (tertiary/aromatic N) is 1. The number of benzene rings is 3. The molecular formula is C31H35NO6S. The number of fused-ring (bicyclic) bond motifs is 3. The molecule has 2 aliphatic rings. The zero-order valence-electron chi connectivity index (χ0n) is 22.4. The Balaban J connectivity index is 1.29. The van der Waals surface area contributed by atoms with Gasteiger partial charge in [-0.1, -0.05) is 24.3 Å². The minimum Gasteiger partial charge on any atom is -0.494 e. The van der Waals surface area contributed by atoms with Crippen LogP contribution in [0.15, 0.2) is 60.7 Å². The molecule has 0 amide bonds. The zero-order chi connectivity index (χ0) is 27.6. The third-order valence-electron chi connectivity index (χ3n) is 7.55. The van der Waals surface area contributed by atoms with Gasteiger partial charge in [0.25, 0.3) is 0 Å². The molecule has 1 fully saturated rings. The van der Waals surface area contributed by atoms with E-state index in [-0.39, 0.29) is 17.6 Å². The average molecular weight is 550 g/mol. The summed E-state index contributed by atoms with van der Waals surface area (Å²) in [5.41, 5.74) is 6.86. The summed E-state index contributed by atoms with van der Waals surface area (Å²) < 4.78 is 34.7. The highest BCUT2D eigenvalue weighted by Crippen LogP contribution is 2.47. The smallest absolute Gasteiger partial charge is 0.307 e. The summed E-state index contributed by atoms with van der Waals surface area (Å²) in [6.07, 6.45) is 3.31. The fraction of sp³-hybridized carbons (Fsp3) is 0.387. The first-order chi connectivity index (χ1) is 18.7. The van der Waals surface area contributed by atoms with Crippen LogP contribution in [0.5, 0.6) is 11.5 Å². The maximum Gasteiger partial charge on any atom is 0.307 e. The van der Waals surface area contributed by atoms with Crippen LogP contribution in [-0.4, -0.2) is 51.2 Å². The van der Waals surface area contributed by atoms with Gasteiger partial charge in [-0.15, -0.1) is 0 Å². The second-order valence-corrected chi connectivity index (χ2v) is 12.7. The monoisotopic (exact) mass is 549 g/mol. The van der Waals surface area contributed by atoms with Crippen molar-refractivity contribution >= 4 is 21.5 Å². The van der Waals surface area contributed by atoms with Crippen LogP contribution < -0.4 is 14.4 Å². The van der Waals surface area contributed by atoms with E-state index in [9.17, 15) is 18.3 Å². The first-order valence-electron chi connectivity index (χ1n) is 13.5. The molecule has 1 N–H and O–H groups in total. The first kappa shape index (κ1) is 27.1. The van der Waals surface area contributed by atoms with Crippen LogP contribution in [0.1, 0.15) is 42.4 Å². The Kier molecular flexibility index (Phi) is 7.84. The molecule has 2 atom stereocenters. The Labute approximate surface area is 230 Å². The van der Waals surface area contributed by atoms with Crippen molar-refractivity contribution < 1.29 is 27.8 Å². The maximum atomic E-state index is 11.4. The molecular weight excluding hydrogens is 514 g/mol. The number of carboxylic acid groups (broad SMARTS) is 1. The van der Waals surface area contributed by atoms with Gasteiger partial charge in [0.15, 0.2) is 0 Å². The number of likely N-dealkylation sites (N-methyl/N-ethyl adjacent to an activating group) is 1. The van der Waals surface area contributed by atoms with Crippen LogP contribution in [0.2, 0.25) is 0 Å². The van der Waals surface area contributed by atoms with Crippen LogP contribution in [-0.2, 0) is 27.7 Å². The van der Waals surface area contributed by atoms with E-state index < -0.39 is 15.8 Å². The molecule has 0 aromatic heterocycles. The summed E-state index contributed by atoms with van der Waals surface area (Å²) in [5, 5.41) is 9.17. The molecule has 5 rings (SSSR count). The van der Waals surface area contributed by atoms with Crippen LogP contribution in [0, 0.1) is 5.92 Å². The maximum absolute atomic E-state index is 11.4. The summed E-state index contributed by atoms with van der Waals surface area (Å²) in [5.74, 6) is 0.773. The predicted molar refractivity (Wildman–Crippen MR) is 153 cm³/mol. The molecule has 1 saturated carbocycles. The van der Waals surface area contributed by atoms with Crippen molar-refractivity contribution in [3.05, 3.63) is 77.4 Å². The van der Waals surface area contributed by atoms with Crippen LogP contribution in [0.25, 0.3) is 11.1 Å². The van der Waals surface area contributed by atoms with Gasteiger partial charge in [-0.2, -0.15) is 0 Å². The molecule has 0 spiro atoms. The van der Waals surface area contributed by atoms with Gasteiger partial charge in [-0.3, -0.25) is 4.79 Å². The van der Waals surface area contributed by atoms with Gasteiger partial charge in [0.05, 0.1) is 18.3 Å². The molecule has 8 heteroatoms. The van der Waals surface area contributed by atoms with E-state index >= 15 is 0 Å². The van der Waals surface area contributed by atoms with Crippen molar-refractivity contribution in [1.82, 2.24) is 0 Å². The molecule has 1 aliphatic heterocycles. The lowest BCUT2D eigenvalue weighted by Crippen LogP contribution is -2.24. The molecule has 206 valence electrons. The van der Waals surface area contributed by atoms with Crippen molar-refractivity contribution in [2.75, 3.05) is 36.6 Å². The summed E-state index contributed by atoms with van der Waals surface area (Å²) in [6.45, 7) is 4.77. The largest absolute Gasteiger partial charge is 0.494 e. The van der Waals surface area contributed by atoms with E-state index in [0.717, 1.165) is 47.7 Å². The molecule has 7 nitrogen and oxygen atoms in total. The minimum absolute atomic E-state index is 0.112. The average Bonchev–Trinajstić information content (AvgIpc) is 3.73. The van der Waals surface area contributed by atoms with Crippen LogP contribution in [0.4, 0.5) is 5.69 Å². The molecule has 0 radical (unpaired) electrons. The van der Waals surface area contributed by atoms with E-state index in [4.69, 9.17) is 9.47 Å². The molecule has 39 heavy (non-hydrogen) atoms. The number of rotatable bonds is 11. The van der Waals surface area contributed by atoms with Gasteiger partial charge in [0.2, 0.25) is 0 Å². The number of ether oxygens (including phenoxy) is 2. The van der Waals surface area contributed by atoms with Crippen molar-refractivity contribution in [3.63, 3.8) is 0 Å². The van der Waals surface area contributed by atoms with E-state index in [1.54, 1.807) is 0 Å². The predicted octanol–water partition coefficient (Wildman–Crippen LogP) is 5.32. The normalized spacial score (nSPS) is 18.1. The molecule has 0 saturated heterocycles. The van der Waals surface area contributed by atoms with Crippen molar-refractivity contribution in [2.24, 2.45) is 5.92 Å². The lowest BCUT2D eigenvalue weighted by atomic mass is 9.96. The fourth-order valence-corrected chi connectivity index (χ4v) is 5.97. The Morgan fingerprint density at radius 2 is 1.77 bits per heavy atom. The van der Waals surface area contributed by atoms with E-state index in [1.807, 2.05) is 30.3 Å². The lowest BCUT2D eigenvalue weighted by Gasteiger charge is -2.23. The number of hydrogen-bond acceptors (Lipinski definition) is 6. The zero-order valence-corrected chi connectivity index (χ0v) is 23.2. The highest BCUT2D eigenvalue weighted by molar-refractivity contribution is 7.90. The Morgan fingerprint density at radius 1 is 1.00 bits per heavy atom. The highest BCUT2D eigenvalue weighted by atomic mass is 32.2. The molecule has 3 aromatic carbocycles. The first-order valence-corrected chi connectivity index (χ1v) is 15.5. The van der Waals surface area contributed by atoms with Crippen LogP contribution >= 0.6 is 0 Å². The Bertz CT molecular complexity index is 1450. The van der Waals surface area contributed by atoms with Gasteiger partial charge < -0.3 is 19.5 Å². The van der Waals surface area contributed by atoms with Gasteiger partial charge in [-0.25, -0.2) is 8.42 Å². The van der Waals surface area contributed by atoms with Crippen LogP contribution in [0.3, 0.4) is 0 Å². The quantitative estimate of drug-likeness (QED) is 0.324. The van der Waals surface area contributed by atoms with E-state index in [1.165, 1.54) is 23.1 Å². The fourth-order valence-electron chi connectivity index (χ4n) is 5.32. The van der Waals surface area contributed by atoms with E-state index in [2.05, 4.69) is 42.2 Å². The number of carbonyl (C=O) groups is 1. The van der Waals surface area contributed by atoms with Crippen molar-refractivity contribution in [2.45, 2.75) is 38.7 Å². The molecule has 0 bridgehead atoms. The third-order valence-corrected chi connectivity index (χ3v) is 8.58. The number of anilines is 1. The summed E-state index contributed by atoms with van der Waals surface area (Å²) in [6, 6.07) is 20.4. The topological polar surface area (TPSA) is 93.1 Å². The second kappa shape index (κ2) is 11.3. The third kappa shape index (κ3) is 6.56. The lowest BCUT2D eigenvalue weighted by molar-refractivity contribution is -0.138. The number of sulfone groups is 1. The van der Waals surface area contributed by atoms with Gasteiger partial charge >= 0.3 is 5.97 Å². The standard InChI is InChI=1S/C31H35NO6S/c1-3-32-14-13-23-18-25(37-15-4-16-39(2,35)36)10-11-26(23)28-17-21(5-12-30(28)32)20-38-24-8-6-22(7-9-24)27-19-29(27)31(33)34/h5-12,17-18,27,29H,3-4,13-16,19-20H2,1-2H3,(H,33,34).